The lowest BCUT2D eigenvalue weighted by Crippen LogP contribution is -2.25. The third-order valence-corrected chi connectivity index (χ3v) is 5.28. The van der Waals surface area contributed by atoms with Gasteiger partial charge in [-0.2, -0.15) is 0 Å². The average Bonchev–Trinajstić information content (AvgIpc) is 3.28. The maximum atomic E-state index is 12.0. The zero-order chi connectivity index (χ0) is 14.2. The first-order valence-electron chi connectivity index (χ1n) is 7.09. The minimum atomic E-state index is -3.38. The zero-order valence-corrected chi connectivity index (χ0v) is 12.1. The predicted octanol–water partition coefficient (Wildman–Crippen LogP) is 1.31. The van der Waals surface area contributed by atoms with E-state index >= 15 is 0 Å². The standard InChI is InChI=1S/C14H20N2O3S/c17-14(10-1-2-10)9-15-11-5-7-13(8-6-11)20(18,19)16-12-3-4-12/h5-8,10,12,14-17H,1-4,9H2. The quantitative estimate of drug-likeness (QED) is 0.709. The number of benzene rings is 1. The van der Waals surface area contributed by atoms with Crippen molar-refractivity contribution >= 4 is 15.7 Å². The Kier molecular flexibility index (Phi) is 3.70. The molecule has 1 unspecified atom stereocenters. The number of rotatable bonds is 7. The molecule has 0 heterocycles. The average molecular weight is 296 g/mol. The predicted molar refractivity (Wildman–Crippen MR) is 77.0 cm³/mol. The van der Waals surface area contributed by atoms with Gasteiger partial charge in [0.25, 0.3) is 0 Å². The fourth-order valence-corrected chi connectivity index (χ4v) is 3.42. The SMILES string of the molecule is O=S(=O)(NC1CC1)c1ccc(NCC(O)C2CC2)cc1. The number of nitrogens with one attached hydrogen (secondary N) is 2. The van der Waals surface area contributed by atoms with Crippen LogP contribution in [-0.4, -0.2) is 32.2 Å². The Balaban J connectivity index is 1.58. The summed E-state index contributed by atoms with van der Waals surface area (Å²) in [5, 5.41) is 12.9. The second kappa shape index (κ2) is 5.35. The highest BCUT2D eigenvalue weighted by Gasteiger charge is 2.29. The number of aliphatic hydroxyl groups is 1. The van der Waals surface area contributed by atoms with Crippen molar-refractivity contribution in [2.24, 2.45) is 5.92 Å². The van der Waals surface area contributed by atoms with Crippen molar-refractivity contribution in [2.45, 2.75) is 42.7 Å². The fourth-order valence-electron chi connectivity index (χ4n) is 2.11. The molecule has 3 rings (SSSR count). The molecule has 0 spiro atoms. The second-order valence-electron chi connectivity index (χ2n) is 5.71. The van der Waals surface area contributed by atoms with Gasteiger partial charge >= 0.3 is 0 Å². The number of aliphatic hydroxyl groups excluding tert-OH is 1. The number of hydrogen-bond donors (Lipinski definition) is 3. The topological polar surface area (TPSA) is 78.4 Å². The van der Waals surface area contributed by atoms with Gasteiger partial charge in [0.1, 0.15) is 0 Å². The molecular weight excluding hydrogens is 276 g/mol. The molecule has 0 radical (unpaired) electrons. The van der Waals surface area contributed by atoms with Gasteiger partial charge in [0.2, 0.25) is 10.0 Å². The smallest absolute Gasteiger partial charge is 0.240 e. The van der Waals surface area contributed by atoms with Gasteiger partial charge in [-0.15, -0.1) is 0 Å². The molecule has 1 aromatic rings. The van der Waals surface area contributed by atoms with Crippen molar-refractivity contribution in [1.29, 1.82) is 0 Å². The summed E-state index contributed by atoms with van der Waals surface area (Å²) in [4.78, 5) is 0.290. The first kappa shape index (κ1) is 13.9. The van der Waals surface area contributed by atoms with Gasteiger partial charge in [-0.1, -0.05) is 0 Å². The van der Waals surface area contributed by atoms with Crippen LogP contribution in [0.3, 0.4) is 0 Å². The summed E-state index contributed by atoms with van der Waals surface area (Å²) >= 11 is 0. The van der Waals surface area contributed by atoms with Crippen LogP contribution in [0.1, 0.15) is 25.7 Å². The van der Waals surface area contributed by atoms with Gasteiger partial charge in [-0.05, 0) is 55.9 Å². The highest BCUT2D eigenvalue weighted by atomic mass is 32.2. The molecular formula is C14H20N2O3S. The van der Waals surface area contributed by atoms with Crippen molar-refractivity contribution in [1.82, 2.24) is 4.72 Å². The molecule has 0 saturated heterocycles. The van der Waals surface area contributed by atoms with Crippen LogP contribution in [0.4, 0.5) is 5.69 Å². The molecule has 0 aliphatic heterocycles. The van der Waals surface area contributed by atoms with Gasteiger partial charge in [0, 0.05) is 18.3 Å². The summed E-state index contributed by atoms with van der Waals surface area (Å²) in [6.45, 7) is 0.511. The van der Waals surface area contributed by atoms with Crippen molar-refractivity contribution in [3.05, 3.63) is 24.3 Å². The van der Waals surface area contributed by atoms with E-state index in [0.717, 1.165) is 31.4 Å². The minimum Gasteiger partial charge on any atom is -0.391 e. The van der Waals surface area contributed by atoms with Crippen LogP contribution < -0.4 is 10.0 Å². The molecule has 0 amide bonds. The summed E-state index contributed by atoms with van der Waals surface area (Å²) in [5.74, 6) is 0.435. The lowest BCUT2D eigenvalue weighted by atomic mass is 10.2. The van der Waals surface area contributed by atoms with Crippen LogP contribution >= 0.6 is 0 Å². The molecule has 2 saturated carbocycles. The molecule has 6 heteroatoms. The third kappa shape index (κ3) is 3.50. The summed E-state index contributed by atoms with van der Waals surface area (Å²) < 4.78 is 26.6. The maximum absolute atomic E-state index is 12.0. The van der Waals surface area contributed by atoms with E-state index in [1.165, 1.54) is 0 Å². The van der Waals surface area contributed by atoms with E-state index < -0.39 is 10.0 Å². The second-order valence-corrected chi connectivity index (χ2v) is 7.42. The monoisotopic (exact) mass is 296 g/mol. The van der Waals surface area contributed by atoms with E-state index in [2.05, 4.69) is 10.0 Å². The fraction of sp³-hybridized carbons (Fsp3) is 0.571. The Bertz CT molecular complexity index is 563. The maximum Gasteiger partial charge on any atom is 0.240 e. The van der Waals surface area contributed by atoms with E-state index in [4.69, 9.17) is 0 Å². The lowest BCUT2D eigenvalue weighted by Gasteiger charge is -2.12. The molecule has 1 aromatic carbocycles. The van der Waals surface area contributed by atoms with Crippen LogP contribution in [0.2, 0.25) is 0 Å². The van der Waals surface area contributed by atoms with E-state index in [1.54, 1.807) is 24.3 Å². The lowest BCUT2D eigenvalue weighted by molar-refractivity contribution is 0.164. The minimum absolute atomic E-state index is 0.117. The van der Waals surface area contributed by atoms with E-state index in [-0.39, 0.29) is 17.0 Å². The van der Waals surface area contributed by atoms with Crippen molar-refractivity contribution in [2.75, 3.05) is 11.9 Å². The van der Waals surface area contributed by atoms with Crippen molar-refractivity contribution in [3.63, 3.8) is 0 Å². The Morgan fingerprint density at radius 1 is 1.15 bits per heavy atom. The number of sulfonamides is 1. The first-order valence-corrected chi connectivity index (χ1v) is 8.57. The van der Waals surface area contributed by atoms with Gasteiger partial charge in [0.05, 0.1) is 11.0 Å². The van der Waals surface area contributed by atoms with E-state index in [9.17, 15) is 13.5 Å². The van der Waals surface area contributed by atoms with Gasteiger partial charge < -0.3 is 10.4 Å². The van der Waals surface area contributed by atoms with Gasteiger partial charge in [-0.25, -0.2) is 13.1 Å². The highest BCUT2D eigenvalue weighted by molar-refractivity contribution is 7.89. The van der Waals surface area contributed by atoms with Crippen molar-refractivity contribution in [3.8, 4) is 0 Å². The van der Waals surface area contributed by atoms with Crippen LogP contribution in [0, 0.1) is 5.92 Å². The molecule has 2 fully saturated rings. The molecule has 3 N–H and O–H groups in total. The Morgan fingerprint density at radius 2 is 1.80 bits per heavy atom. The van der Waals surface area contributed by atoms with Crippen LogP contribution in [-0.2, 0) is 10.0 Å². The summed E-state index contributed by atoms with van der Waals surface area (Å²) in [6.07, 6.45) is 3.75. The molecule has 0 bridgehead atoms. The Labute approximate surface area is 119 Å². The zero-order valence-electron chi connectivity index (χ0n) is 11.2. The van der Waals surface area contributed by atoms with E-state index in [1.807, 2.05) is 0 Å². The normalized spacial score (nSPS) is 20.6. The van der Waals surface area contributed by atoms with Crippen LogP contribution in [0.5, 0.6) is 0 Å². The number of anilines is 1. The molecule has 2 aliphatic rings. The molecule has 0 aromatic heterocycles. The Morgan fingerprint density at radius 3 is 2.35 bits per heavy atom. The Hall–Kier alpha value is -1.11. The van der Waals surface area contributed by atoms with Crippen LogP contribution in [0.25, 0.3) is 0 Å². The molecule has 20 heavy (non-hydrogen) atoms. The largest absolute Gasteiger partial charge is 0.391 e. The number of hydrogen-bond acceptors (Lipinski definition) is 4. The molecule has 2 aliphatic carbocycles. The summed E-state index contributed by atoms with van der Waals surface area (Å²) in [5.41, 5.74) is 0.829. The summed E-state index contributed by atoms with van der Waals surface area (Å²) in [6, 6.07) is 6.78. The molecule has 110 valence electrons. The molecule has 5 nitrogen and oxygen atoms in total. The third-order valence-electron chi connectivity index (χ3n) is 3.75. The molecule has 1 atom stereocenters. The van der Waals surface area contributed by atoms with Crippen LogP contribution in [0.15, 0.2) is 29.2 Å². The van der Waals surface area contributed by atoms with E-state index in [0.29, 0.717) is 12.5 Å². The van der Waals surface area contributed by atoms with Crippen molar-refractivity contribution < 1.29 is 13.5 Å². The van der Waals surface area contributed by atoms with Gasteiger partial charge in [0.15, 0.2) is 0 Å². The highest BCUT2D eigenvalue weighted by Crippen LogP contribution is 2.32. The summed E-state index contributed by atoms with van der Waals surface area (Å²) in [7, 11) is -3.38. The van der Waals surface area contributed by atoms with Gasteiger partial charge in [-0.3, -0.25) is 0 Å². The first-order chi connectivity index (χ1) is 9.54.